The highest BCUT2D eigenvalue weighted by Gasteiger charge is 1.97. The number of hydrogen-bond acceptors (Lipinski definition) is 2. The van der Waals surface area contributed by atoms with E-state index in [1.807, 2.05) is 13.8 Å². The molecule has 0 heterocycles. The molecule has 2 heteroatoms. The van der Waals surface area contributed by atoms with E-state index in [4.69, 9.17) is 0 Å². The van der Waals surface area contributed by atoms with Crippen LogP contribution in [0.5, 0.6) is 0 Å². The van der Waals surface area contributed by atoms with E-state index in [9.17, 15) is 4.79 Å². The van der Waals surface area contributed by atoms with Crippen LogP contribution in [0.2, 0.25) is 0 Å². The van der Waals surface area contributed by atoms with E-state index >= 15 is 0 Å². The Bertz CT molecular complexity index is 179. The zero-order chi connectivity index (χ0) is 10.3. The molecule has 0 aromatic heterocycles. The fraction of sp³-hybridized carbons (Fsp3) is 0.727. The van der Waals surface area contributed by atoms with Crippen LogP contribution in [0.3, 0.4) is 0 Å². The molecule has 0 rings (SSSR count). The molecule has 2 nitrogen and oxygen atoms in total. The highest BCUT2D eigenvalue weighted by molar-refractivity contribution is 5.90. The van der Waals surface area contributed by atoms with Crippen molar-refractivity contribution in [3.8, 4) is 0 Å². The van der Waals surface area contributed by atoms with Gasteiger partial charge in [0.1, 0.15) is 0 Å². The van der Waals surface area contributed by atoms with Crippen molar-refractivity contribution in [1.29, 1.82) is 0 Å². The van der Waals surface area contributed by atoms with Crippen molar-refractivity contribution < 1.29 is 4.79 Å². The molecule has 0 aromatic carbocycles. The minimum Gasteiger partial charge on any atom is -0.315 e. The zero-order valence-corrected chi connectivity index (χ0v) is 9.18. The molecule has 76 valence electrons. The van der Waals surface area contributed by atoms with Gasteiger partial charge in [-0.05, 0) is 32.9 Å². The Morgan fingerprint density at radius 2 is 2.00 bits per heavy atom. The zero-order valence-electron chi connectivity index (χ0n) is 9.18. The fourth-order valence-electron chi connectivity index (χ4n) is 1.05. The Morgan fingerprint density at radius 3 is 2.46 bits per heavy atom. The average Bonchev–Trinajstić information content (AvgIpc) is 1.96. The second-order valence-corrected chi connectivity index (χ2v) is 3.90. The third-order valence-electron chi connectivity index (χ3n) is 1.60. The molecular formula is C11H21NO. The van der Waals surface area contributed by atoms with Gasteiger partial charge in [-0.25, -0.2) is 0 Å². The van der Waals surface area contributed by atoms with Crippen molar-refractivity contribution in [1.82, 2.24) is 5.32 Å². The number of rotatable bonds is 6. The molecular weight excluding hydrogens is 162 g/mol. The van der Waals surface area contributed by atoms with Crippen LogP contribution >= 0.6 is 0 Å². The number of carbonyl (C=O) groups is 1. The number of hydrogen-bond donors (Lipinski definition) is 1. The Balaban J connectivity index is 3.44. The van der Waals surface area contributed by atoms with Gasteiger partial charge >= 0.3 is 0 Å². The van der Waals surface area contributed by atoms with Crippen LogP contribution < -0.4 is 5.32 Å². The third-order valence-corrected chi connectivity index (χ3v) is 1.60. The van der Waals surface area contributed by atoms with Gasteiger partial charge in [0.2, 0.25) is 0 Å². The van der Waals surface area contributed by atoms with E-state index < -0.39 is 0 Å². The maximum absolute atomic E-state index is 11.2. The molecule has 0 radical (unpaired) electrons. The van der Waals surface area contributed by atoms with Crippen LogP contribution in [0.25, 0.3) is 0 Å². The Labute approximate surface area is 81.4 Å². The number of ketones is 1. The molecule has 0 spiro atoms. The fourth-order valence-corrected chi connectivity index (χ4v) is 1.05. The minimum absolute atomic E-state index is 0.241. The predicted molar refractivity (Wildman–Crippen MR) is 56.8 cm³/mol. The quantitative estimate of drug-likeness (QED) is 0.505. The first-order valence-corrected chi connectivity index (χ1v) is 4.93. The van der Waals surface area contributed by atoms with Crippen LogP contribution in [0, 0.1) is 0 Å². The van der Waals surface area contributed by atoms with Crippen LogP contribution in [0.4, 0.5) is 0 Å². The molecule has 0 aliphatic rings. The number of nitrogens with one attached hydrogen (secondary N) is 1. The molecule has 0 aliphatic heterocycles. The molecule has 0 aliphatic carbocycles. The van der Waals surface area contributed by atoms with Gasteiger partial charge in [-0.3, -0.25) is 4.79 Å². The van der Waals surface area contributed by atoms with Gasteiger partial charge < -0.3 is 5.32 Å². The monoisotopic (exact) mass is 183 g/mol. The van der Waals surface area contributed by atoms with Crippen LogP contribution in [-0.4, -0.2) is 18.4 Å². The normalized spacial score (nSPS) is 10.2. The summed E-state index contributed by atoms with van der Waals surface area (Å²) in [6.45, 7) is 9.05. The van der Waals surface area contributed by atoms with Gasteiger partial charge in [-0.15, -0.1) is 0 Å². The van der Waals surface area contributed by atoms with E-state index in [1.165, 1.54) is 0 Å². The topological polar surface area (TPSA) is 29.1 Å². The first-order valence-electron chi connectivity index (χ1n) is 4.93. The van der Waals surface area contributed by atoms with Gasteiger partial charge in [0.05, 0.1) is 0 Å². The van der Waals surface area contributed by atoms with E-state index in [-0.39, 0.29) is 5.78 Å². The van der Waals surface area contributed by atoms with E-state index in [0.29, 0.717) is 12.5 Å². The third kappa shape index (κ3) is 9.28. The Morgan fingerprint density at radius 1 is 1.38 bits per heavy atom. The summed E-state index contributed by atoms with van der Waals surface area (Å²) in [4.78, 5) is 11.2. The van der Waals surface area contributed by atoms with Crippen molar-refractivity contribution in [3.63, 3.8) is 0 Å². The summed E-state index contributed by atoms with van der Waals surface area (Å²) in [6.07, 6.45) is 3.31. The Hall–Kier alpha value is -0.630. The summed E-state index contributed by atoms with van der Waals surface area (Å²) in [5, 5.41) is 3.28. The Kier molecular flexibility index (Phi) is 6.51. The number of carbonyl (C=O) groups excluding carboxylic acids is 1. The van der Waals surface area contributed by atoms with Crippen molar-refractivity contribution in [2.75, 3.05) is 6.54 Å². The second-order valence-electron chi connectivity index (χ2n) is 3.90. The van der Waals surface area contributed by atoms with Gasteiger partial charge in [0, 0.05) is 12.5 Å². The molecule has 0 unspecified atom stereocenters. The standard InChI is InChI=1S/C11H21NO/c1-9(2)8-11(13)6-5-7-12-10(3)4/h8,10,12H,5-7H2,1-4H3. The molecule has 0 atom stereocenters. The maximum atomic E-state index is 11.2. The lowest BCUT2D eigenvalue weighted by molar-refractivity contribution is -0.114. The molecule has 13 heavy (non-hydrogen) atoms. The molecule has 0 saturated heterocycles. The molecule has 0 fully saturated rings. The van der Waals surface area contributed by atoms with E-state index in [2.05, 4.69) is 19.2 Å². The van der Waals surface area contributed by atoms with Crippen molar-refractivity contribution in [2.24, 2.45) is 0 Å². The lowest BCUT2D eigenvalue weighted by atomic mass is 10.1. The average molecular weight is 183 g/mol. The molecule has 0 aromatic rings. The maximum Gasteiger partial charge on any atom is 0.155 e. The van der Waals surface area contributed by atoms with Crippen molar-refractivity contribution >= 4 is 5.78 Å². The smallest absolute Gasteiger partial charge is 0.155 e. The SMILES string of the molecule is CC(C)=CC(=O)CCCNC(C)C. The van der Waals surface area contributed by atoms with Gasteiger partial charge in [0.15, 0.2) is 5.78 Å². The van der Waals surface area contributed by atoms with Gasteiger partial charge in [-0.1, -0.05) is 19.4 Å². The molecule has 0 saturated carbocycles. The van der Waals surface area contributed by atoms with Crippen LogP contribution in [-0.2, 0) is 4.79 Å². The minimum atomic E-state index is 0.241. The van der Waals surface area contributed by atoms with E-state index in [0.717, 1.165) is 18.5 Å². The summed E-state index contributed by atoms with van der Waals surface area (Å²) in [5.41, 5.74) is 1.09. The lowest BCUT2D eigenvalue weighted by Crippen LogP contribution is -2.23. The largest absolute Gasteiger partial charge is 0.315 e. The molecule has 0 amide bonds. The second kappa shape index (κ2) is 6.84. The summed E-state index contributed by atoms with van der Waals surface area (Å²) >= 11 is 0. The number of allylic oxidation sites excluding steroid dienone is 2. The lowest BCUT2D eigenvalue weighted by Gasteiger charge is -2.06. The summed E-state index contributed by atoms with van der Waals surface area (Å²) in [7, 11) is 0. The first-order chi connectivity index (χ1) is 6.02. The first kappa shape index (κ1) is 12.4. The van der Waals surface area contributed by atoms with Gasteiger partial charge in [-0.2, -0.15) is 0 Å². The molecule has 0 bridgehead atoms. The summed E-state index contributed by atoms with van der Waals surface area (Å²) in [6, 6.07) is 0.513. The highest BCUT2D eigenvalue weighted by Crippen LogP contribution is 1.96. The van der Waals surface area contributed by atoms with Crippen molar-refractivity contribution in [3.05, 3.63) is 11.6 Å². The predicted octanol–water partition coefficient (Wildman–Crippen LogP) is 2.30. The van der Waals surface area contributed by atoms with Crippen LogP contribution in [0.1, 0.15) is 40.5 Å². The summed E-state index contributed by atoms with van der Waals surface area (Å²) < 4.78 is 0. The van der Waals surface area contributed by atoms with Crippen molar-refractivity contribution in [2.45, 2.75) is 46.6 Å². The van der Waals surface area contributed by atoms with Crippen LogP contribution in [0.15, 0.2) is 11.6 Å². The highest BCUT2D eigenvalue weighted by atomic mass is 16.1. The molecule has 1 N–H and O–H groups in total. The van der Waals surface area contributed by atoms with E-state index in [1.54, 1.807) is 6.08 Å². The van der Waals surface area contributed by atoms with Gasteiger partial charge in [0.25, 0.3) is 0 Å². The summed E-state index contributed by atoms with van der Waals surface area (Å²) in [5.74, 6) is 0.241.